The standard InChI is InChI=1S/C25H27N3O4S2/c1-5-32-24(29)19-8-11-20(12-9-19)26-25(33)27-21-10-7-17(3)23(15-21)34(30,31)28-22-13-6-16(2)14-18(22)4/h6-15,28H,5H2,1-4H3,(H2,26,27,33). The van der Waals surface area contributed by atoms with Gasteiger partial charge in [0, 0.05) is 11.4 Å². The zero-order valence-electron chi connectivity index (χ0n) is 19.4. The summed E-state index contributed by atoms with van der Waals surface area (Å²) in [5.41, 5.74) is 4.67. The maximum Gasteiger partial charge on any atom is 0.338 e. The van der Waals surface area contributed by atoms with Crippen LogP contribution in [0.5, 0.6) is 0 Å². The Labute approximate surface area is 205 Å². The summed E-state index contributed by atoms with van der Waals surface area (Å²) in [4.78, 5) is 11.9. The quantitative estimate of drug-likeness (QED) is 0.297. The number of sulfonamides is 1. The predicted molar refractivity (Wildman–Crippen MR) is 140 cm³/mol. The molecule has 0 bridgehead atoms. The second kappa shape index (κ2) is 10.7. The molecule has 3 aromatic carbocycles. The molecule has 0 atom stereocenters. The van der Waals surface area contributed by atoms with Crippen molar-refractivity contribution in [3.63, 3.8) is 0 Å². The Hall–Kier alpha value is -3.43. The molecule has 178 valence electrons. The Balaban J connectivity index is 1.73. The number of rotatable bonds is 7. The van der Waals surface area contributed by atoms with Crippen LogP contribution in [0.3, 0.4) is 0 Å². The molecule has 0 saturated heterocycles. The summed E-state index contributed by atoms with van der Waals surface area (Å²) in [6.45, 7) is 7.61. The number of nitrogens with one attached hydrogen (secondary N) is 3. The van der Waals surface area contributed by atoms with E-state index in [2.05, 4.69) is 15.4 Å². The van der Waals surface area contributed by atoms with E-state index >= 15 is 0 Å². The van der Waals surface area contributed by atoms with E-state index in [0.717, 1.165) is 11.1 Å². The van der Waals surface area contributed by atoms with Crippen LogP contribution >= 0.6 is 12.2 Å². The summed E-state index contributed by atoms with van der Waals surface area (Å²) in [5, 5.41) is 6.30. The number of ether oxygens (including phenoxy) is 1. The largest absolute Gasteiger partial charge is 0.462 e. The lowest BCUT2D eigenvalue weighted by molar-refractivity contribution is 0.0526. The van der Waals surface area contributed by atoms with Gasteiger partial charge in [-0.15, -0.1) is 0 Å². The number of hydrogen-bond donors (Lipinski definition) is 3. The van der Waals surface area contributed by atoms with Gasteiger partial charge in [-0.2, -0.15) is 0 Å². The average Bonchev–Trinajstić information content (AvgIpc) is 2.77. The number of anilines is 3. The number of benzene rings is 3. The summed E-state index contributed by atoms with van der Waals surface area (Å²) in [5.74, 6) is -0.391. The van der Waals surface area contributed by atoms with Crippen molar-refractivity contribution in [1.29, 1.82) is 0 Å². The van der Waals surface area contributed by atoms with Gasteiger partial charge in [-0.25, -0.2) is 13.2 Å². The number of esters is 1. The van der Waals surface area contributed by atoms with Crippen LogP contribution in [-0.4, -0.2) is 26.1 Å². The summed E-state index contributed by atoms with van der Waals surface area (Å²) in [7, 11) is -3.81. The van der Waals surface area contributed by atoms with Gasteiger partial charge >= 0.3 is 5.97 Å². The van der Waals surface area contributed by atoms with Crippen LogP contribution < -0.4 is 15.4 Å². The molecule has 0 saturated carbocycles. The fourth-order valence-electron chi connectivity index (χ4n) is 3.29. The van der Waals surface area contributed by atoms with E-state index in [1.165, 1.54) is 0 Å². The third-order valence-electron chi connectivity index (χ3n) is 5.02. The monoisotopic (exact) mass is 497 g/mol. The van der Waals surface area contributed by atoms with Crippen LogP contribution in [0.4, 0.5) is 17.1 Å². The number of aryl methyl sites for hydroxylation is 3. The molecule has 9 heteroatoms. The van der Waals surface area contributed by atoms with Crippen molar-refractivity contribution >= 4 is 50.4 Å². The molecule has 0 amide bonds. The fraction of sp³-hybridized carbons (Fsp3) is 0.200. The molecule has 0 aliphatic heterocycles. The van der Waals surface area contributed by atoms with Gasteiger partial charge in [0.2, 0.25) is 0 Å². The number of carbonyl (C=O) groups excluding carboxylic acids is 1. The zero-order valence-corrected chi connectivity index (χ0v) is 21.1. The lowest BCUT2D eigenvalue weighted by Gasteiger charge is -2.15. The molecule has 3 aromatic rings. The highest BCUT2D eigenvalue weighted by Crippen LogP contribution is 2.25. The van der Waals surface area contributed by atoms with Crippen molar-refractivity contribution in [3.05, 3.63) is 82.9 Å². The van der Waals surface area contributed by atoms with Crippen molar-refractivity contribution in [3.8, 4) is 0 Å². The second-order valence-corrected chi connectivity index (χ2v) is 9.84. The molecule has 34 heavy (non-hydrogen) atoms. The van der Waals surface area contributed by atoms with Gasteiger partial charge in [0.1, 0.15) is 0 Å². The Kier molecular flexibility index (Phi) is 7.90. The van der Waals surface area contributed by atoms with E-state index in [-0.39, 0.29) is 10.0 Å². The topological polar surface area (TPSA) is 96.5 Å². The minimum absolute atomic E-state index is 0.152. The molecule has 7 nitrogen and oxygen atoms in total. The lowest BCUT2D eigenvalue weighted by Crippen LogP contribution is -2.20. The molecule has 0 aliphatic carbocycles. The predicted octanol–water partition coefficient (Wildman–Crippen LogP) is 5.40. The van der Waals surface area contributed by atoms with Crippen molar-refractivity contribution in [2.75, 3.05) is 22.0 Å². The van der Waals surface area contributed by atoms with Gasteiger partial charge in [0.05, 0.1) is 22.8 Å². The summed E-state index contributed by atoms with van der Waals surface area (Å²) in [6.07, 6.45) is 0. The number of carbonyl (C=O) groups is 1. The Morgan fingerprint density at radius 1 is 0.882 bits per heavy atom. The maximum atomic E-state index is 13.1. The maximum absolute atomic E-state index is 13.1. The lowest BCUT2D eigenvalue weighted by atomic mass is 10.1. The van der Waals surface area contributed by atoms with Gasteiger partial charge in [-0.3, -0.25) is 4.72 Å². The summed E-state index contributed by atoms with van der Waals surface area (Å²) < 4.78 is 33.8. The normalized spacial score (nSPS) is 10.9. The first-order valence-corrected chi connectivity index (χ1v) is 12.5. The Morgan fingerprint density at radius 3 is 2.18 bits per heavy atom. The minimum Gasteiger partial charge on any atom is -0.462 e. The zero-order chi connectivity index (χ0) is 24.9. The van der Waals surface area contributed by atoms with Gasteiger partial charge in [0.15, 0.2) is 5.11 Å². The highest BCUT2D eigenvalue weighted by molar-refractivity contribution is 7.92. The molecule has 3 N–H and O–H groups in total. The van der Waals surface area contributed by atoms with Crippen LogP contribution in [-0.2, 0) is 14.8 Å². The van der Waals surface area contributed by atoms with Crippen LogP contribution in [0.15, 0.2) is 65.6 Å². The molecule has 0 spiro atoms. The Morgan fingerprint density at radius 2 is 1.53 bits per heavy atom. The van der Waals surface area contributed by atoms with Gasteiger partial charge in [-0.1, -0.05) is 23.8 Å². The third kappa shape index (κ3) is 6.33. The van der Waals surface area contributed by atoms with Crippen molar-refractivity contribution in [1.82, 2.24) is 0 Å². The van der Waals surface area contributed by atoms with E-state index in [1.54, 1.807) is 62.4 Å². The molecule has 0 aliphatic rings. The van der Waals surface area contributed by atoms with Gasteiger partial charge < -0.3 is 15.4 Å². The van der Waals surface area contributed by atoms with E-state index in [9.17, 15) is 13.2 Å². The SMILES string of the molecule is CCOC(=O)c1ccc(NC(=S)Nc2ccc(C)c(S(=O)(=O)Nc3ccc(C)cc3C)c2)cc1. The third-order valence-corrected chi connectivity index (χ3v) is 6.73. The van der Waals surface area contributed by atoms with E-state index in [1.807, 2.05) is 26.0 Å². The van der Waals surface area contributed by atoms with E-state index < -0.39 is 16.0 Å². The number of hydrogen-bond acceptors (Lipinski definition) is 5. The second-order valence-electron chi connectivity index (χ2n) is 7.78. The molecule has 0 unspecified atom stereocenters. The van der Waals surface area contributed by atoms with Crippen LogP contribution in [0.1, 0.15) is 34.0 Å². The molecular weight excluding hydrogens is 470 g/mol. The first-order valence-electron chi connectivity index (χ1n) is 10.6. The highest BCUT2D eigenvalue weighted by Gasteiger charge is 2.19. The first kappa shape index (κ1) is 25.2. The van der Waals surface area contributed by atoms with Crippen molar-refractivity contribution < 1.29 is 17.9 Å². The number of thiocarbonyl (C=S) groups is 1. The van der Waals surface area contributed by atoms with Crippen LogP contribution in [0.2, 0.25) is 0 Å². The molecule has 3 rings (SSSR count). The first-order chi connectivity index (χ1) is 16.1. The van der Waals surface area contributed by atoms with Crippen molar-refractivity contribution in [2.24, 2.45) is 0 Å². The fourth-order valence-corrected chi connectivity index (χ4v) is 4.93. The van der Waals surface area contributed by atoms with E-state index in [4.69, 9.17) is 17.0 Å². The molecule has 0 radical (unpaired) electrons. The molecule has 0 fully saturated rings. The smallest absolute Gasteiger partial charge is 0.338 e. The molecular formula is C25H27N3O4S2. The van der Waals surface area contributed by atoms with Gasteiger partial charge in [-0.05, 0) is 93.5 Å². The van der Waals surface area contributed by atoms with Crippen LogP contribution in [0, 0.1) is 20.8 Å². The van der Waals surface area contributed by atoms with Crippen LogP contribution in [0.25, 0.3) is 0 Å². The van der Waals surface area contributed by atoms with Gasteiger partial charge in [0.25, 0.3) is 10.0 Å². The molecule has 0 heterocycles. The summed E-state index contributed by atoms with van der Waals surface area (Å²) in [6, 6.07) is 17.2. The van der Waals surface area contributed by atoms with Crippen molar-refractivity contribution in [2.45, 2.75) is 32.6 Å². The molecule has 0 aromatic heterocycles. The average molecular weight is 498 g/mol. The highest BCUT2D eigenvalue weighted by atomic mass is 32.2. The Bertz CT molecular complexity index is 1320. The van der Waals surface area contributed by atoms with E-state index in [0.29, 0.717) is 34.8 Å². The summed E-state index contributed by atoms with van der Waals surface area (Å²) >= 11 is 5.37. The minimum atomic E-state index is -3.81.